The van der Waals surface area contributed by atoms with Crippen LogP contribution in [0, 0.1) is 45.8 Å². The first-order valence-electron chi connectivity index (χ1n) is 14.5. The van der Waals surface area contributed by atoms with Crippen molar-refractivity contribution in [1.29, 1.82) is 0 Å². The highest BCUT2D eigenvalue weighted by molar-refractivity contribution is 5.93. The fourth-order valence-electron chi connectivity index (χ4n) is 8.56. The van der Waals surface area contributed by atoms with Gasteiger partial charge in [-0.05, 0) is 43.1 Å². The van der Waals surface area contributed by atoms with E-state index in [1.807, 2.05) is 46.8 Å². The van der Waals surface area contributed by atoms with E-state index in [0.29, 0.717) is 12.8 Å². The number of fused-ring (bicyclic) bond motifs is 6. The third-order valence-electron chi connectivity index (χ3n) is 11.1. The lowest BCUT2D eigenvalue weighted by Crippen LogP contribution is -2.66. The number of methoxy groups -OCH3 is 1. The minimum absolute atomic E-state index is 0.00445. The molecule has 2 unspecified atom stereocenters. The molecule has 1 saturated heterocycles. The second kappa shape index (κ2) is 9.88. The predicted molar refractivity (Wildman–Crippen MR) is 144 cm³/mol. The number of carbonyl (C=O) groups is 4. The Balaban J connectivity index is 1.65. The summed E-state index contributed by atoms with van der Waals surface area (Å²) < 4.78 is 22.6. The Hall–Kier alpha value is -2.90. The van der Waals surface area contributed by atoms with Gasteiger partial charge in [0.2, 0.25) is 0 Å². The number of hydrogen-bond acceptors (Lipinski definition) is 8. The number of allylic oxidation sites excluding steroid dienone is 1. The predicted octanol–water partition coefficient (Wildman–Crippen LogP) is 5.61. The van der Waals surface area contributed by atoms with E-state index in [4.69, 9.17) is 18.6 Å². The average Bonchev–Trinajstić information content (AvgIpc) is 3.45. The summed E-state index contributed by atoms with van der Waals surface area (Å²) in [5.74, 6) is -2.73. The third kappa shape index (κ3) is 4.07. The number of cyclic esters (lactones) is 1. The van der Waals surface area contributed by atoms with Crippen molar-refractivity contribution in [3.05, 3.63) is 35.8 Å². The summed E-state index contributed by atoms with van der Waals surface area (Å²) in [5.41, 5.74) is -0.0944. The SMILES string of the molecule is CC[C@@H](C)C(=O)O[C@@H]1[C@H]2C=C3C4CC(=O)O[C@@H](c5ccoc5)[C@]4(C)CCC3[C@@](C)(C2=O)[C@@H](CC(=O)OC)C1(C)C. The van der Waals surface area contributed by atoms with E-state index in [9.17, 15) is 19.2 Å². The summed E-state index contributed by atoms with van der Waals surface area (Å²) in [7, 11) is 1.35. The number of Topliss-reactive ketones (excluding diaryl/α,β-unsaturated/α-hetero) is 1. The summed E-state index contributed by atoms with van der Waals surface area (Å²) >= 11 is 0. The molecule has 0 aromatic carbocycles. The molecule has 9 atom stereocenters. The Morgan fingerprint density at radius 1 is 1.15 bits per heavy atom. The van der Waals surface area contributed by atoms with E-state index in [1.165, 1.54) is 7.11 Å². The molecule has 3 aliphatic carbocycles. The monoisotopic (exact) mass is 554 g/mol. The molecular weight excluding hydrogens is 512 g/mol. The number of carbonyl (C=O) groups excluding carboxylic acids is 4. The molecule has 2 bridgehead atoms. The minimum Gasteiger partial charge on any atom is -0.472 e. The number of esters is 3. The lowest BCUT2D eigenvalue weighted by molar-refractivity contribution is -0.198. The van der Waals surface area contributed by atoms with Gasteiger partial charge in [-0.3, -0.25) is 19.2 Å². The highest BCUT2D eigenvalue weighted by atomic mass is 16.6. The van der Waals surface area contributed by atoms with Crippen LogP contribution in [0.1, 0.15) is 85.3 Å². The molecule has 1 aliphatic heterocycles. The van der Waals surface area contributed by atoms with E-state index < -0.39 is 46.3 Å². The number of ether oxygens (including phenoxy) is 3. The zero-order valence-electron chi connectivity index (χ0n) is 24.7. The van der Waals surface area contributed by atoms with Crippen LogP contribution in [0.4, 0.5) is 0 Å². The van der Waals surface area contributed by atoms with Crippen LogP contribution in [0.5, 0.6) is 0 Å². The average molecular weight is 555 g/mol. The molecule has 0 spiro atoms. The van der Waals surface area contributed by atoms with Gasteiger partial charge in [0.05, 0.1) is 37.9 Å². The van der Waals surface area contributed by atoms with E-state index in [1.54, 1.807) is 12.5 Å². The molecule has 1 aromatic rings. The Kier molecular flexibility index (Phi) is 7.07. The molecule has 2 saturated carbocycles. The largest absolute Gasteiger partial charge is 0.472 e. The van der Waals surface area contributed by atoms with E-state index in [2.05, 4.69) is 6.92 Å². The van der Waals surface area contributed by atoms with E-state index in [-0.39, 0.29) is 48.3 Å². The van der Waals surface area contributed by atoms with Crippen LogP contribution in [0.15, 0.2) is 34.7 Å². The van der Waals surface area contributed by atoms with Gasteiger partial charge in [0.15, 0.2) is 0 Å². The fraction of sp³-hybridized carbons (Fsp3) is 0.688. The van der Waals surface area contributed by atoms with Gasteiger partial charge in [0.25, 0.3) is 0 Å². The van der Waals surface area contributed by atoms with Crippen molar-refractivity contribution >= 4 is 23.7 Å². The van der Waals surface area contributed by atoms with Crippen LogP contribution in [-0.2, 0) is 33.4 Å². The van der Waals surface area contributed by atoms with Crippen LogP contribution < -0.4 is 0 Å². The summed E-state index contributed by atoms with van der Waals surface area (Å²) in [6.45, 7) is 11.9. The van der Waals surface area contributed by atoms with Crippen LogP contribution in [-0.4, -0.2) is 36.9 Å². The maximum atomic E-state index is 14.4. The zero-order valence-corrected chi connectivity index (χ0v) is 24.7. The molecule has 5 rings (SSSR count). The van der Waals surface area contributed by atoms with Crippen molar-refractivity contribution in [2.24, 2.45) is 45.8 Å². The molecule has 2 heterocycles. The van der Waals surface area contributed by atoms with Gasteiger partial charge in [-0.2, -0.15) is 0 Å². The normalized spacial score (nSPS) is 38.7. The molecule has 0 N–H and O–H groups in total. The summed E-state index contributed by atoms with van der Waals surface area (Å²) in [6.07, 6.45) is 6.36. The Morgan fingerprint density at radius 3 is 2.50 bits per heavy atom. The second-order valence-electron chi connectivity index (χ2n) is 13.4. The summed E-state index contributed by atoms with van der Waals surface area (Å²) in [5, 5.41) is 0. The van der Waals surface area contributed by atoms with Gasteiger partial charge in [-0.1, -0.05) is 53.2 Å². The van der Waals surface area contributed by atoms with Crippen LogP contribution in [0.25, 0.3) is 0 Å². The molecule has 3 fully saturated rings. The van der Waals surface area contributed by atoms with Crippen molar-refractivity contribution in [1.82, 2.24) is 0 Å². The molecule has 0 amide bonds. The van der Waals surface area contributed by atoms with Crippen molar-refractivity contribution < 1.29 is 37.8 Å². The van der Waals surface area contributed by atoms with Gasteiger partial charge in [0, 0.05) is 28.2 Å². The maximum absolute atomic E-state index is 14.4. The lowest BCUT2D eigenvalue weighted by atomic mass is 9.40. The molecule has 8 heteroatoms. The van der Waals surface area contributed by atoms with Crippen LogP contribution >= 0.6 is 0 Å². The second-order valence-corrected chi connectivity index (χ2v) is 13.4. The highest BCUT2D eigenvalue weighted by Crippen LogP contribution is 2.68. The standard InChI is InChI=1S/C32H42O8/c1-8-17(2)29(36)40-28-20-13-19-21(32(6,26(20)35)23(30(28,3)4)15-24(33)37-7)9-11-31(5)22(19)14-25(34)39-27(31)18-10-12-38-16-18/h10,12-13,16-17,20-23,27-28H,8-9,11,14-15H2,1-7H3/t17-,20+,21?,22?,23+,27+,28-,31-,32-/m1/s1. The van der Waals surface area contributed by atoms with Crippen molar-refractivity contribution in [3.63, 3.8) is 0 Å². The zero-order chi connectivity index (χ0) is 29.2. The van der Waals surface area contributed by atoms with Crippen LogP contribution in [0.2, 0.25) is 0 Å². The number of hydrogen-bond donors (Lipinski definition) is 0. The van der Waals surface area contributed by atoms with E-state index in [0.717, 1.165) is 17.6 Å². The van der Waals surface area contributed by atoms with Gasteiger partial charge >= 0.3 is 17.9 Å². The minimum atomic E-state index is -0.889. The third-order valence-corrected chi connectivity index (χ3v) is 11.1. The first-order chi connectivity index (χ1) is 18.8. The topological polar surface area (TPSA) is 109 Å². The molecular formula is C32H42O8. The van der Waals surface area contributed by atoms with E-state index >= 15 is 0 Å². The molecule has 40 heavy (non-hydrogen) atoms. The van der Waals surface area contributed by atoms with Gasteiger partial charge in [0.1, 0.15) is 18.0 Å². The quantitative estimate of drug-likeness (QED) is 0.254. The first kappa shape index (κ1) is 28.6. The lowest BCUT2D eigenvalue weighted by Gasteiger charge is -2.63. The first-order valence-corrected chi connectivity index (χ1v) is 14.5. The van der Waals surface area contributed by atoms with Crippen LogP contribution in [0.3, 0.4) is 0 Å². The Labute approximate surface area is 236 Å². The Bertz CT molecular complexity index is 1230. The molecule has 8 nitrogen and oxygen atoms in total. The summed E-state index contributed by atoms with van der Waals surface area (Å²) in [4.78, 5) is 53.4. The summed E-state index contributed by atoms with van der Waals surface area (Å²) in [6, 6.07) is 1.84. The number of rotatable bonds is 6. The molecule has 1 aromatic heterocycles. The van der Waals surface area contributed by atoms with Crippen molar-refractivity contribution in [3.8, 4) is 0 Å². The highest BCUT2D eigenvalue weighted by Gasteiger charge is 2.69. The van der Waals surface area contributed by atoms with Gasteiger partial charge in [-0.15, -0.1) is 0 Å². The number of furan rings is 1. The van der Waals surface area contributed by atoms with Gasteiger partial charge < -0.3 is 18.6 Å². The van der Waals surface area contributed by atoms with Crippen molar-refractivity contribution in [2.75, 3.05) is 7.11 Å². The molecule has 4 aliphatic rings. The fourth-order valence-corrected chi connectivity index (χ4v) is 8.56. The van der Waals surface area contributed by atoms with Crippen molar-refractivity contribution in [2.45, 2.75) is 85.9 Å². The van der Waals surface area contributed by atoms with Gasteiger partial charge in [-0.25, -0.2) is 0 Å². The molecule has 218 valence electrons. The maximum Gasteiger partial charge on any atom is 0.308 e. The smallest absolute Gasteiger partial charge is 0.308 e. The number of ketones is 1. The molecule has 0 radical (unpaired) electrons. The Morgan fingerprint density at radius 2 is 1.88 bits per heavy atom.